The highest BCUT2D eigenvalue weighted by molar-refractivity contribution is 6.02. The van der Waals surface area contributed by atoms with Crippen molar-refractivity contribution in [3.63, 3.8) is 0 Å². The Balaban J connectivity index is 1.76. The third kappa shape index (κ3) is 4.93. The summed E-state index contributed by atoms with van der Waals surface area (Å²) in [4.78, 5) is 35.7. The van der Waals surface area contributed by atoms with E-state index in [2.05, 4.69) is 22.0 Å². The van der Waals surface area contributed by atoms with Crippen molar-refractivity contribution < 1.29 is 4.79 Å². The molecule has 1 aliphatic carbocycles. The van der Waals surface area contributed by atoms with E-state index in [0.717, 1.165) is 64.0 Å². The lowest BCUT2D eigenvalue weighted by Crippen LogP contribution is -2.47. The summed E-state index contributed by atoms with van der Waals surface area (Å²) in [6.07, 6.45) is 8.32. The van der Waals surface area contributed by atoms with Gasteiger partial charge in [-0.1, -0.05) is 32.3 Å². The Kier molecular flexibility index (Phi) is 7.09. The highest BCUT2D eigenvalue weighted by Gasteiger charge is 2.24. The largest absolute Gasteiger partial charge is 0.353 e. The number of rotatable bonds is 5. The fraction of sp³-hybridized carbons (Fsp3) is 0.520. The lowest BCUT2D eigenvalue weighted by Gasteiger charge is -2.35. The van der Waals surface area contributed by atoms with Crippen molar-refractivity contribution >= 4 is 23.4 Å². The van der Waals surface area contributed by atoms with Crippen LogP contribution >= 0.6 is 0 Å². The molecule has 8 nitrogen and oxygen atoms in total. The quantitative estimate of drug-likeness (QED) is 0.558. The van der Waals surface area contributed by atoms with Crippen molar-refractivity contribution in [1.29, 1.82) is 5.26 Å². The molecule has 1 amide bonds. The van der Waals surface area contributed by atoms with Crippen LogP contribution in [0.3, 0.4) is 0 Å². The first-order valence-electron chi connectivity index (χ1n) is 11.9. The standard InChI is InChI=1S/C25H32N6O2/c1-3-29-12-14-30(15-13-29)23-21(25(33)31-11-7-8-18(2)22(31)28-23)16-19(17-26)24(32)27-20-9-5-4-6-10-20/h7-8,11,16,20H,3-6,9-10,12-15H2,1-2H3,(H,27,32)/b19-16+. The minimum Gasteiger partial charge on any atom is -0.353 e. The summed E-state index contributed by atoms with van der Waals surface area (Å²) in [5.41, 5.74) is 1.46. The van der Waals surface area contributed by atoms with Crippen LogP contribution < -0.4 is 15.8 Å². The summed E-state index contributed by atoms with van der Waals surface area (Å²) in [5.74, 6) is 0.128. The first-order valence-corrected chi connectivity index (χ1v) is 11.9. The number of hydrogen-bond donors (Lipinski definition) is 1. The summed E-state index contributed by atoms with van der Waals surface area (Å²) in [7, 11) is 0. The van der Waals surface area contributed by atoms with Crippen molar-refractivity contribution in [2.75, 3.05) is 37.6 Å². The van der Waals surface area contributed by atoms with Crippen molar-refractivity contribution in [3.8, 4) is 6.07 Å². The van der Waals surface area contributed by atoms with Gasteiger partial charge in [0.15, 0.2) is 0 Å². The van der Waals surface area contributed by atoms with Crippen molar-refractivity contribution in [2.45, 2.75) is 52.0 Å². The molecule has 2 aromatic heterocycles. The van der Waals surface area contributed by atoms with Gasteiger partial charge in [-0.05, 0) is 44.0 Å². The molecule has 0 unspecified atom stereocenters. The van der Waals surface area contributed by atoms with Crippen LogP contribution in [0, 0.1) is 18.3 Å². The summed E-state index contributed by atoms with van der Waals surface area (Å²) in [6.45, 7) is 8.27. The van der Waals surface area contributed by atoms with Crippen molar-refractivity contribution in [2.24, 2.45) is 0 Å². The van der Waals surface area contributed by atoms with E-state index >= 15 is 0 Å². The van der Waals surface area contributed by atoms with E-state index in [1.165, 1.54) is 16.9 Å². The zero-order valence-electron chi connectivity index (χ0n) is 19.5. The van der Waals surface area contributed by atoms with Gasteiger partial charge in [0.2, 0.25) is 0 Å². The van der Waals surface area contributed by atoms with Crippen LogP contribution in [0.1, 0.15) is 50.2 Å². The molecule has 8 heteroatoms. The molecule has 0 spiro atoms. The Bertz CT molecular complexity index is 1150. The fourth-order valence-corrected chi connectivity index (χ4v) is 4.75. The molecule has 4 rings (SSSR count). The van der Waals surface area contributed by atoms with Gasteiger partial charge in [0.1, 0.15) is 23.1 Å². The number of nitrogens with zero attached hydrogens (tertiary/aromatic N) is 5. The zero-order valence-corrected chi connectivity index (χ0v) is 19.5. The second-order valence-corrected chi connectivity index (χ2v) is 8.94. The number of hydrogen-bond acceptors (Lipinski definition) is 6. The second kappa shape index (κ2) is 10.2. The number of aryl methyl sites for hydroxylation is 1. The van der Waals surface area contributed by atoms with Gasteiger partial charge in [-0.25, -0.2) is 4.98 Å². The first-order chi connectivity index (χ1) is 16.0. The van der Waals surface area contributed by atoms with Crippen LogP contribution in [0.5, 0.6) is 0 Å². The normalized spacial score (nSPS) is 18.3. The van der Waals surface area contributed by atoms with Gasteiger partial charge >= 0.3 is 0 Å². The second-order valence-electron chi connectivity index (χ2n) is 8.94. The summed E-state index contributed by atoms with van der Waals surface area (Å²) in [5, 5.41) is 12.8. The lowest BCUT2D eigenvalue weighted by molar-refractivity contribution is -0.117. The molecule has 2 aliphatic rings. The van der Waals surface area contributed by atoms with E-state index in [-0.39, 0.29) is 17.2 Å². The molecule has 0 bridgehead atoms. The van der Waals surface area contributed by atoms with Crippen LogP contribution in [0.15, 0.2) is 28.7 Å². The molecule has 174 valence electrons. The van der Waals surface area contributed by atoms with Gasteiger partial charge in [-0.3, -0.25) is 14.0 Å². The predicted octanol–water partition coefficient (Wildman–Crippen LogP) is 2.50. The molecular weight excluding hydrogens is 416 g/mol. The maximum atomic E-state index is 13.5. The van der Waals surface area contributed by atoms with Crippen LogP contribution in [0.25, 0.3) is 11.7 Å². The van der Waals surface area contributed by atoms with Gasteiger partial charge in [0.05, 0.1) is 5.56 Å². The van der Waals surface area contributed by atoms with E-state index in [1.807, 2.05) is 19.1 Å². The smallest absolute Gasteiger partial charge is 0.267 e. The van der Waals surface area contributed by atoms with Gasteiger partial charge in [0.25, 0.3) is 11.5 Å². The Morgan fingerprint density at radius 3 is 2.64 bits per heavy atom. The van der Waals surface area contributed by atoms with Crippen LogP contribution in [-0.2, 0) is 4.79 Å². The Hall–Kier alpha value is -3.18. The number of likely N-dealkylation sites (N-methyl/N-ethyl adjacent to an activating group) is 1. The minimum absolute atomic E-state index is 0.0551. The van der Waals surface area contributed by atoms with Crippen LogP contribution in [0.4, 0.5) is 5.82 Å². The maximum Gasteiger partial charge on any atom is 0.267 e. The van der Waals surface area contributed by atoms with Gasteiger partial charge in [0, 0.05) is 38.4 Å². The zero-order chi connectivity index (χ0) is 23.4. The van der Waals surface area contributed by atoms with Gasteiger partial charge < -0.3 is 15.1 Å². The molecule has 2 fully saturated rings. The van der Waals surface area contributed by atoms with E-state index in [4.69, 9.17) is 4.98 Å². The molecular formula is C25H32N6O2. The van der Waals surface area contributed by atoms with Crippen molar-refractivity contribution in [3.05, 3.63) is 45.4 Å². The molecule has 33 heavy (non-hydrogen) atoms. The van der Waals surface area contributed by atoms with E-state index in [1.54, 1.807) is 12.3 Å². The number of carbonyl (C=O) groups is 1. The van der Waals surface area contributed by atoms with Gasteiger partial charge in [-0.2, -0.15) is 5.26 Å². The Morgan fingerprint density at radius 2 is 1.97 bits per heavy atom. The number of nitriles is 1. The molecule has 1 saturated heterocycles. The topological polar surface area (TPSA) is 93.7 Å². The van der Waals surface area contributed by atoms with Gasteiger partial charge in [-0.15, -0.1) is 0 Å². The number of amides is 1. The van der Waals surface area contributed by atoms with Crippen LogP contribution in [-0.4, -0.2) is 59.0 Å². The Labute approximate surface area is 194 Å². The summed E-state index contributed by atoms with van der Waals surface area (Å²) < 4.78 is 1.50. The monoisotopic (exact) mass is 448 g/mol. The molecule has 1 saturated carbocycles. The number of fused-ring (bicyclic) bond motifs is 1. The first kappa shape index (κ1) is 23.0. The molecule has 2 aromatic rings. The molecule has 0 aromatic carbocycles. The number of aromatic nitrogens is 2. The lowest BCUT2D eigenvalue weighted by atomic mass is 9.95. The highest BCUT2D eigenvalue weighted by Crippen LogP contribution is 2.22. The third-order valence-corrected chi connectivity index (χ3v) is 6.78. The molecule has 0 radical (unpaired) electrons. The number of piperazine rings is 1. The molecule has 0 atom stereocenters. The summed E-state index contributed by atoms with van der Waals surface area (Å²) in [6, 6.07) is 5.84. The van der Waals surface area contributed by atoms with E-state index in [0.29, 0.717) is 17.0 Å². The molecule has 3 heterocycles. The fourth-order valence-electron chi connectivity index (χ4n) is 4.75. The Morgan fingerprint density at radius 1 is 1.24 bits per heavy atom. The van der Waals surface area contributed by atoms with Crippen LogP contribution in [0.2, 0.25) is 0 Å². The average Bonchev–Trinajstić information content (AvgIpc) is 2.84. The highest BCUT2D eigenvalue weighted by atomic mass is 16.2. The predicted molar refractivity (Wildman–Crippen MR) is 129 cm³/mol. The molecule has 1 N–H and O–H groups in total. The number of nitrogens with one attached hydrogen (secondary N) is 1. The van der Waals surface area contributed by atoms with E-state index < -0.39 is 5.91 Å². The molecule has 1 aliphatic heterocycles. The maximum absolute atomic E-state index is 13.5. The number of carbonyl (C=O) groups excluding carboxylic acids is 1. The number of anilines is 1. The number of pyridine rings is 1. The third-order valence-electron chi connectivity index (χ3n) is 6.78. The van der Waals surface area contributed by atoms with E-state index in [9.17, 15) is 14.9 Å². The SMILES string of the molecule is CCN1CCN(c2nc3c(C)cccn3c(=O)c2/C=C(\C#N)C(=O)NC2CCCCC2)CC1. The van der Waals surface area contributed by atoms with Crippen molar-refractivity contribution in [1.82, 2.24) is 19.6 Å². The summed E-state index contributed by atoms with van der Waals surface area (Å²) >= 11 is 0. The minimum atomic E-state index is -0.417. The average molecular weight is 449 g/mol.